The van der Waals surface area contributed by atoms with E-state index in [9.17, 15) is 0 Å². The van der Waals surface area contributed by atoms with Crippen molar-refractivity contribution in [2.24, 2.45) is 0 Å². The van der Waals surface area contributed by atoms with Gasteiger partial charge < -0.3 is 9.26 Å². The van der Waals surface area contributed by atoms with Crippen LogP contribution in [0.25, 0.3) is 0 Å². The largest absolute Gasteiger partial charge is 0.374 e. The maximum absolute atomic E-state index is 5.90. The molecule has 4 rings (SSSR count). The lowest BCUT2D eigenvalue weighted by atomic mass is 10.2. The summed E-state index contributed by atoms with van der Waals surface area (Å²) in [7, 11) is 0. The van der Waals surface area contributed by atoms with Crippen molar-refractivity contribution in [3.05, 3.63) is 29.2 Å². The van der Waals surface area contributed by atoms with E-state index >= 15 is 0 Å². The van der Waals surface area contributed by atoms with Crippen molar-refractivity contribution in [3.8, 4) is 0 Å². The van der Waals surface area contributed by atoms with Gasteiger partial charge in [0.15, 0.2) is 5.82 Å². The van der Waals surface area contributed by atoms with E-state index in [1.54, 1.807) is 0 Å². The normalized spacial score (nSPS) is 22.6. The summed E-state index contributed by atoms with van der Waals surface area (Å²) in [5.41, 5.74) is 2.22. The summed E-state index contributed by atoms with van der Waals surface area (Å²) in [5, 5.41) is 8.61. The number of morpholine rings is 1. The van der Waals surface area contributed by atoms with Crippen molar-refractivity contribution in [1.82, 2.24) is 24.8 Å². The second-order valence-corrected chi connectivity index (χ2v) is 6.66. The molecule has 2 aromatic heterocycles. The van der Waals surface area contributed by atoms with Crippen molar-refractivity contribution in [2.45, 2.75) is 51.8 Å². The number of rotatable bonds is 5. The van der Waals surface area contributed by atoms with Crippen LogP contribution in [0.2, 0.25) is 0 Å². The van der Waals surface area contributed by atoms with Gasteiger partial charge in [0.25, 0.3) is 0 Å². The fraction of sp³-hybridized carbons (Fsp3) is 0.688. The van der Waals surface area contributed by atoms with Crippen LogP contribution < -0.4 is 0 Å². The number of hydrogen-bond donors (Lipinski definition) is 0. The van der Waals surface area contributed by atoms with Gasteiger partial charge in [0.05, 0.1) is 31.5 Å². The zero-order valence-electron chi connectivity index (χ0n) is 13.7. The van der Waals surface area contributed by atoms with Crippen molar-refractivity contribution in [3.63, 3.8) is 0 Å². The molecule has 0 N–H and O–H groups in total. The molecule has 1 saturated carbocycles. The molecule has 1 aliphatic heterocycles. The van der Waals surface area contributed by atoms with E-state index in [0.717, 1.165) is 43.7 Å². The Labute approximate surface area is 135 Å². The molecule has 1 aliphatic carbocycles. The average molecular weight is 317 g/mol. The number of aromatic nitrogens is 4. The fourth-order valence-corrected chi connectivity index (χ4v) is 3.12. The van der Waals surface area contributed by atoms with Crippen LogP contribution in [0.3, 0.4) is 0 Å². The Morgan fingerprint density at radius 1 is 1.30 bits per heavy atom. The SMILES string of the molecule is Cc1cc(C)n(C[C@H]2CN(Cc3nc(C4CC4)no3)CCO2)n1. The number of nitrogens with zero attached hydrogens (tertiary/aromatic N) is 5. The first-order valence-corrected chi connectivity index (χ1v) is 8.35. The average Bonchev–Trinajstić information content (AvgIpc) is 3.19. The molecule has 2 aliphatic rings. The Kier molecular flexibility index (Phi) is 3.90. The van der Waals surface area contributed by atoms with E-state index < -0.39 is 0 Å². The molecular formula is C16H23N5O2. The van der Waals surface area contributed by atoms with Gasteiger partial charge in [0.2, 0.25) is 5.89 Å². The van der Waals surface area contributed by atoms with Gasteiger partial charge in [-0.15, -0.1) is 0 Å². The standard InChI is InChI=1S/C16H23N5O2/c1-11-7-12(2)21(18-11)9-14-8-20(5-6-22-14)10-15-17-16(19-23-15)13-3-4-13/h7,13-14H,3-6,8-10H2,1-2H3/t14-/m1/s1. The molecule has 0 amide bonds. The van der Waals surface area contributed by atoms with Crippen LogP contribution >= 0.6 is 0 Å². The Bertz CT molecular complexity index is 676. The third-order valence-electron chi connectivity index (χ3n) is 4.49. The Morgan fingerprint density at radius 2 is 2.17 bits per heavy atom. The van der Waals surface area contributed by atoms with Crippen LogP contribution in [-0.2, 0) is 17.8 Å². The van der Waals surface area contributed by atoms with Crippen LogP contribution in [0.4, 0.5) is 0 Å². The Hall–Kier alpha value is -1.73. The topological polar surface area (TPSA) is 69.2 Å². The van der Waals surface area contributed by atoms with Gasteiger partial charge in [-0.25, -0.2) is 0 Å². The molecule has 0 aromatic carbocycles. The number of hydrogen-bond acceptors (Lipinski definition) is 6. The summed E-state index contributed by atoms with van der Waals surface area (Å²) in [5.74, 6) is 2.14. The molecule has 1 saturated heterocycles. The highest BCUT2D eigenvalue weighted by atomic mass is 16.5. The molecule has 0 bridgehead atoms. The highest BCUT2D eigenvalue weighted by Gasteiger charge is 2.29. The van der Waals surface area contributed by atoms with Gasteiger partial charge in [-0.2, -0.15) is 10.1 Å². The van der Waals surface area contributed by atoms with Gasteiger partial charge in [-0.1, -0.05) is 5.16 Å². The van der Waals surface area contributed by atoms with Gasteiger partial charge in [0, 0.05) is 24.7 Å². The molecule has 0 radical (unpaired) electrons. The summed E-state index contributed by atoms with van der Waals surface area (Å²) >= 11 is 0. The van der Waals surface area contributed by atoms with Gasteiger partial charge in [-0.3, -0.25) is 9.58 Å². The third kappa shape index (κ3) is 3.45. The lowest BCUT2D eigenvalue weighted by Crippen LogP contribution is -2.44. The molecule has 23 heavy (non-hydrogen) atoms. The van der Waals surface area contributed by atoms with Gasteiger partial charge in [-0.05, 0) is 32.8 Å². The van der Waals surface area contributed by atoms with Crippen LogP contribution in [0.1, 0.15) is 41.9 Å². The molecular weight excluding hydrogens is 294 g/mol. The fourth-order valence-electron chi connectivity index (χ4n) is 3.12. The Morgan fingerprint density at radius 3 is 2.91 bits per heavy atom. The van der Waals surface area contributed by atoms with Gasteiger partial charge in [0.1, 0.15) is 0 Å². The van der Waals surface area contributed by atoms with Crippen LogP contribution in [0.15, 0.2) is 10.6 Å². The molecule has 2 fully saturated rings. The van der Waals surface area contributed by atoms with Crippen molar-refractivity contribution < 1.29 is 9.26 Å². The maximum atomic E-state index is 5.90. The molecule has 0 spiro atoms. The zero-order chi connectivity index (χ0) is 15.8. The minimum atomic E-state index is 0.146. The van der Waals surface area contributed by atoms with E-state index in [-0.39, 0.29) is 6.10 Å². The van der Waals surface area contributed by atoms with E-state index in [2.05, 4.69) is 33.1 Å². The first kappa shape index (κ1) is 14.8. The van der Waals surface area contributed by atoms with Crippen molar-refractivity contribution in [2.75, 3.05) is 19.7 Å². The predicted octanol–water partition coefficient (Wildman–Crippen LogP) is 1.66. The summed E-state index contributed by atoms with van der Waals surface area (Å²) < 4.78 is 13.3. The summed E-state index contributed by atoms with van der Waals surface area (Å²) in [6.45, 7) is 8.08. The Balaban J connectivity index is 1.35. The lowest BCUT2D eigenvalue weighted by Gasteiger charge is -2.32. The molecule has 3 heterocycles. The molecule has 2 aromatic rings. The van der Waals surface area contributed by atoms with Crippen molar-refractivity contribution in [1.29, 1.82) is 0 Å². The van der Waals surface area contributed by atoms with Crippen LogP contribution in [0.5, 0.6) is 0 Å². The van der Waals surface area contributed by atoms with E-state index in [4.69, 9.17) is 9.26 Å². The van der Waals surface area contributed by atoms with Crippen LogP contribution in [-0.4, -0.2) is 50.6 Å². The minimum Gasteiger partial charge on any atom is -0.374 e. The predicted molar refractivity (Wildman–Crippen MR) is 83.0 cm³/mol. The maximum Gasteiger partial charge on any atom is 0.240 e. The monoisotopic (exact) mass is 317 g/mol. The number of ether oxygens (including phenoxy) is 1. The van der Waals surface area contributed by atoms with Crippen LogP contribution in [0, 0.1) is 13.8 Å². The summed E-state index contributed by atoms with van der Waals surface area (Å²) in [6, 6.07) is 2.10. The van der Waals surface area contributed by atoms with Gasteiger partial charge >= 0.3 is 0 Å². The second-order valence-electron chi connectivity index (χ2n) is 6.66. The molecule has 0 unspecified atom stereocenters. The lowest BCUT2D eigenvalue weighted by molar-refractivity contribution is -0.0429. The molecule has 7 nitrogen and oxygen atoms in total. The molecule has 7 heteroatoms. The zero-order valence-corrected chi connectivity index (χ0v) is 13.7. The summed E-state index contributed by atoms with van der Waals surface area (Å²) in [4.78, 5) is 6.84. The first-order valence-electron chi connectivity index (χ1n) is 8.35. The van der Waals surface area contributed by atoms with Crippen molar-refractivity contribution >= 4 is 0 Å². The number of aryl methyl sites for hydroxylation is 2. The van der Waals surface area contributed by atoms with E-state index in [1.165, 1.54) is 18.5 Å². The third-order valence-corrected chi connectivity index (χ3v) is 4.49. The highest BCUT2D eigenvalue weighted by Crippen LogP contribution is 2.38. The first-order chi connectivity index (χ1) is 11.2. The molecule has 1 atom stereocenters. The minimum absolute atomic E-state index is 0.146. The highest BCUT2D eigenvalue weighted by molar-refractivity contribution is 5.07. The van der Waals surface area contributed by atoms with E-state index in [1.807, 2.05) is 11.6 Å². The molecule has 124 valence electrons. The second kappa shape index (κ2) is 6.05. The quantitative estimate of drug-likeness (QED) is 0.835. The smallest absolute Gasteiger partial charge is 0.240 e. The summed E-state index contributed by atoms with van der Waals surface area (Å²) in [6.07, 6.45) is 2.54. The van der Waals surface area contributed by atoms with E-state index in [0.29, 0.717) is 12.5 Å².